The summed E-state index contributed by atoms with van der Waals surface area (Å²) in [4.78, 5) is 5.96. The smallest absolute Gasteiger partial charge is 0.161 e. The molecule has 0 aliphatic carbocycles. The van der Waals surface area contributed by atoms with E-state index in [0.29, 0.717) is 29.5 Å². The third-order valence-corrected chi connectivity index (χ3v) is 4.28. The molecule has 6 nitrogen and oxygen atoms in total. The Hall–Kier alpha value is -2.86. The Morgan fingerprint density at radius 2 is 1.23 bits per heavy atom. The highest BCUT2D eigenvalue weighted by Gasteiger charge is 2.25. The summed E-state index contributed by atoms with van der Waals surface area (Å²) < 4.78 is 21.5. The number of rotatable bonds is 6. The van der Waals surface area contributed by atoms with Crippen LogP contribution in [0.1, 0.15) is 11.1 Å². The molecule has 0 bridgehead atoms. The molecule has 0 N–H and O–H groups in total. The van der Waals surface area contributed by atoms with Crippen molar-refractivity contribution >= 4 is 11.3 Å². The van der Waals surface area contributed by atoms with Crippen molar-refractivity contribution in [2.45, 2.75) is 0 Å². The van der Waals surface area contributed by atoms with Gasteiger partial charge in [0.05, 0.1) is 35.0 Å². The second kappa shape index (κ2) is 7.58. The Bertz CT molecular complexity index is 763. The molecule has 0 saturated heterocycles. The van der Waals surface area contributed by atoms with Gasteiger partial charge in [-0.15, -0.1) is 5.06 Å². The van der Waals surface area contributed by atoms with Gasteiger partial charge in [0.1, 0.15) is 0 Å². The van der Waals surface area contributed by atoms with Gasteiger partial charge < -0.3 is 23.8 Å². The lowest BCUT2D eigenvalue weighted by Gasteiger charge is -2.13. The molecule has 0 amide bonds. The van der Waals surface area contributed by atoms with E-state index in [9.17, 15) is 0 Å². The molecule has 2 aromatic rings. The van der Waals surface area contributed by atoms with E-state index < -0.39 is 0 Å². The third kappa shape index (κ3) is 3.28. The number of methoxy groups -OCH3 is 4. The minimum absolute atomic E-state index is 0.652. The van der Waals surface area contributed by atoms with E-state index in [2.05, 4.69) is 0 Å². The Balaban J connectivity index is 2.09. The maximum Gasteiger partial charge on any atom is 0.161 e. The Morgan fingerprint density at radius 1 is 0.731 bits per heavy atom. The van der Waals surface area contributed by atoms with Crippen LogP contribution in [0.25, 0.3) is 11.3 Å². The van der Waals surface area contributed by atoms with Crippen LogP contribution in [0.3, 0.4) is 0 Å². The zero-order chi connectivity index (χ0) is 18.7. The summed E-state index contributed by atoms with van der Waals surface area (Å²) in [6, 6.07) is 11.6. The largest absolute Gasteiger partial charge is 0.493 e. The molecule has 0 fully saturated rings. The van der Waals surface area contributed by atoms with E-state index in [4.69, 9.17) is 23.8 Å². The minimum atomic E-state index is 0.652. The van der Waals surface area contributed by atoms with Crippen molar-refractivity contribution in [3.8, 4) is 23.0 Å². The lowest BCUT2D eigenvalue weighted by atomic mass is 10.0. The average Bonchev–Trinajstić information content (AvgIpc) is 3.08. The van der Waals surface area contributed by atoms with Crippen LogP contribution >= 0.6 is 0 Å². The van der Waals surface area contributed by atoms with Gasteiger partial charge >= 0.3 is 0 Å². The van der Waals surface area contributed by atoms with Crippen molar-refractivity contribution < 1.29 is 23.8 Å². The molecule has 1 aliphatic rings. The maximum atomic E-state index is 5.96. The van der Waals surface area contributed by atoms with Crippen LogP contribution in [0.2, 0.25) is 0 Å². The Kier molecular flexibility index (Phi) is 5.23. The van der Waals surface area contributed by atoms with Crippen LogP contribution in [-0.4, -0.2) is 47.1 Å². The fraction of sp³-hybridized carbons (Fsp3) is 0.300. The van der Waals surface area contributed by atoms with Gasteiger partial charge in [0.25, 0.3) is 0 Å². The molecule has 0 saturated carbocycles. The number of hydroxylamine groups is 2. The first-order chi connectivity index (χ1) is 12.6. The van der Waals surface area contributed by atoms with Gasteiger partial charge in [0.2, 0.25) is 0 Å². The number of nitrogens with zero attached hydrogens (tertiary/aromatic N) is 1. The van der Waals surface area contributed by atoms with Gasteiger partial charge in [0, 0.05) is 18.2 Å². The fourth-order valence-corrected chi connectivity index (χ4v) is 2.99. The first-order valence-corrected chi connectivity index (χ1v) is 8.18. The van der Waals surface area contributed by atoms with E-state index in [-0.39, 0.29) is 0 Å². The van der Waals surface area contributed by atoms with E-state index in [1.165, 1.54) is 0 Å². The van der Waals surface area contributed by atoms with Crippen LogP contribution in [0.4, 0.5) is 0 Å². The van der Waals surface area contributed by atoms with E-state index in [1.54, 1.807) is 33.5 Å². The van der Waals surface area contributed by atoms with Crippen LogP contribution in [0, 0.1) is 0 Å². The number of benzene rings is 2. The van der Waals surface area contributed by atoms with Crippen LogP contribution in [0.15, 0.2) is 36.4 Å². The number of likely N-dealkylation sites (N-methyl/N-ethyl adjacent to an activating group) is 1. The average molecular weight is 357 g/mol. The van der Waals surface area contributed by atoms with Crippen molar-refractivity contribution in [1.29, 1.82) is 0 Å². The molecule has 0 atom stereocenters. The first-order valence-electron chi connectivity index (χ1n) is 8.18. The van der Waals surface area contributed by atoms with Crippen LogP contribution < -0.4 is 18.9 Å². The molecule has 0 radical (unpaired) electrons. The van der Waals surface area contributed by atoms with Crippen LogP contribution in [0.5, 0.6) is 23.0 Å². The second-order valence-corrected chi connectivity index (χ2v) is 5.82. The van der Waals surface area contributed by atoms with Crippen molar-refractivity contribution in [2.24, 2.45) is 0 Å². The quantitative estimate of drug-likeness (QED) is 0.789. The van der Waals surface area contributed by atoms with Gasteiger partial charge in [-0.3, -0.25) is 0 Å². The molecular weight excluding hydrogens is 334 g/mol. The molecule has 6 heteroatoms. The van der Waals surface area contributed by atoms with Gasteiger partial charge in [-0.2, -0.15) is 0 Å². The number of hydrogen-bond donors (Lipinski definition) is 0. The first kappa shape index (κ1) is 17.9. The molecule has 1 aliphatic heterocycles. The molecule has 0 unspecified atom stereocenters. The highest BCUT2D eigenvalue weighted by atomic mass is 16.7. The van der Waals surface area contributed by atoms with Crippen molar-refractivity contribution in [1.82, 2.24) is 5.06 Å². The molecule has 2 aromatic carbocycles. The molecule has 138 valence electrons. The molecular formula is C20H23NO5. The molecule has 3 rings (SSSR count). The fourth-order valence-electron chi connectivity index (χ4n) is 2.99. The van der Waals surface area contributed by atoms with Crippen molar-refractivity contribution in [3.05, 3.63) is 47.5 Å². The Morgan fingerprint density at radius 3 is 1.77 bits per heavy atom. The third-order valence-electron chi connectivity index (χ3n) is 4.28. The van der Waals surface area contributed by atoms with Crippen LogP contribution in [-0.2, 0) is 4.84 Å². The lowest BCUT2D eigenvalue weighted by Crippen LogP contribution is -2.12. The van der Waals surface area contributed by atoms with Crippen molar-refractivity contribution in [3.63, 3.8) is 0 Å². The zero-order valence-corrected chi connectivity index (χ0v) is 15.7. The van der Waals surface area contributed by atoms with E-state index in [0.717, 1.165) is 22.5 Å². The second-order valence-electron chi connectivity index (χ2n) is 5.82. The maximum absolute atomic E-state index is 5.96. The molecule has 26 heavy (non-hydrogen) atoms. The standard InChI is InChI=1S/C20H23NO5/c1-21-12-15(13-6-8-16(22-2)18(10-13)24-4)20(26-21)14-7-9-17(23-3)19(11-14)25-5/h6-11H,12H2,1-5H3. The van der Waals surface area contributed by atoms with Gasteiger partial charge in [-0.1, -0.05) is 6.07 Å². The summed E-state index contributed by atoms with van der Waals surface area (Å²) in [6.07, 6.45) is 0. The normalized spacial score (nSPS) is 14.2. The summed E-state index contributed by atoms with van der Waals surface area (Å²) in [5, 5.41) is 1.79. The minimum Gasteiger partial charge on any atom is -0.493 e. The SMILES string of the molecule is COc1ccc(C2=C(c3ccc(OC)c(OC)c3)ON(C)C2)cc1OC. The highest BCUT2D eigenvalue weighted by molar-refractivity contribution is 5.90. The zero-order valence-electron chi connectivity index (χ0n) is 15.7. The van der Waals surface area contributed by atoms with Gasteiger partial charge in [0.15, 0.2) is 28.8 Å². The Labute approximate surface area is 153 Å². The van der Waals surface area contributed by atoms with Gasteiger partial charge in [-0.25, -0.2) is 0 Å². The van der Waals surface area contributed by atoms with E-state index in [1.807, 2.05) is 43.4 Å². The summed E-state index contributed by atoms with van der Waals surface area (Å²) >= 11 is 0. The molecule has 0 spiro atoms. The predicted octanol–water partition coefficient (Wildman–Crippen LogP) is 3.47. The molecule has 1 heterocycles. The monoisotopic (exact) mass is 357 g/mol. The summed E-state index contributed by atoms with van der Waals surface area (Å²) in [7, 11) is 8.38. The number of ether oxygens (including phenoxy) is 4. The predicted molar refractivity (Wildman–Crippen MR) is 99.6 cm³/mol. The summed E-state index contributed by atoms with van der Waals surface area (Å²) in [5.74, 6) is 3.48. The highest BCUT2D eigenvalue weighted by Crippen LogP contribution is 2.39. The summed E-state index contributed by atoms with van der Waals surface area (Å²) in [6.45, 7) is 0.652. The van der Waals surface area contributed by atoms with Crippen molar-refractivity contribution in [2.75, 3.05) is 42.0 Å². The topological polar surface area (TPSA) is 49.4 Å². The lowest BCUT2D eigenvalue weighted by molar-refractivity contribution is -0.0335. The molecule has 0 aromatic heterocycles. The van der Waals surface area contributed by atoms with Gasteiger partial charge in [-0.05, 0) is 35.9 Å². The number of hydrogen-bond acceptors (Lipinski definition) is 6. The summed E-state index contributed by atoms with van der Waals surface area (Å²) in [5.41, 5.74) is 2.98. The van der Waals surface area contributed by atoms with E-state index >= 15 is 0 Å².